The number of nitrogens with zero attached hydrogens (tertiary/aromatic N) is 1. The van der Waals surface area contributed by atoms with Gasteiger partial charge < -0.3 is 10.2 Å². The summed E-state index contributed by atoms with van der Waals surface area (Å²) >= 11 is 0. The Balaban J connectivity index is 0. The first-order valence-corrected chi connectivity index (χ1v) is 10.3. The van der Waals surface area contributed by atoms with Crippen molar-refractivity contribution < 1.29 is 0 Å². The summed E-state index contributed by atoms with van der Waals surface area (Å²) in [5.41, 5.74) is 4.15. The van der Waals surface area contributed by atoms with E-state index in [0.29, 0.717) is 0 Å². The zero-order chi connectivity index (χ0) is 20.9. The van der Waals surface area contributed by atoms with Gasteiger partial charge in [-0.25, -0.2) is 0 Å². The van der Waals surface area contributed by atoms with Crippen molar-refractivity contribution in [1.82, 2.24) is 10.2 Å². The van der Waals surface area contributed by atoms with Crippen molar-refractivity contribution in [2.45, 2.75) is 61.4 Å². The second-order valence-corrected chi connectivity index (χ2v) is 5.48. The van der Waals surface area contributed by atoms with E-state index in [-0.39, 0.29) is 0 Å². The Bertz CT molecular complexity index is 553. The van der Waals surface area contributed by atoms with Gasteiger partial charge in [0.25, 0.3) is 0 Å². The Morgan fingerprint density at radius 3 is 2.22 bits per heavy atom. The van der Waals surface area contributed by atoms with Crippen LogP contribution in [0.25, 0.3) is 0 Å². The van der Waals surface area contributed by atoms with E-state index in [0.717, 1.165) is 26.1 Å². The van der Waals surface area contributed by atoms with E-state index in [9.17, 15) is 0 Å². The number of benzene rings is 1. The van der Waals surface area contributed by atoms with Gasteiger partial charge in [-0.05, 0) is 44.4 Å². The summed E-state index contributed by atoms with van der Waals surface area (Å²) in [5, 5.41) is 3.37. The van der Waals surface area contributed by atoms with Gasteiger partial charge in [-0.1, -0.05) is 76.3 Å². The molecule has 0 amide bonds. The maximum absolute atomic E-state index is 3.37. The van der Waals surface area contributed by atoms with E-state index in [4.69, 9.17) is 0 Å². The molecule has 0 saturated heterocycles. The fourth-order valence-electron chi connectivity index (χ4n) is 2.36. The molecule has 0 saturated carbocycles. The van der Waals surface area contributed by atoms with Gasteiger partial charge in [-0.3, -0.25) is 0 Å². The lowest BCUT2D eigenvalue weighted by molar-refractivity contribution is 0.423. The van der Waals surface area contributed by atoms with Gasteiger partial charge in [-0.15, -0.1) is 6.58 Å². The average Bonchev–Trinajstić information content (AvgIpc) is 2.73. The molecule has 1 aromatic carbocycles. The summed E-state index contributed by atoms with van der Waals surface area (Å²) in [7, 11) is 0. The average molecular weight is 371 g/mol. The highest BCUT2D eigenvalue weighted by atomic mass is 15.1. The number of hydrogen-bond donors (Lipinski definition) is 1. The highest BCUT2D eigenvalue weighted by Crippen LogP contribution is 2.18. The van der Waals surface area contributed by atoms with Crippen LogP contribution in [0.3, 0.4) is 0 Å². The number of aryl methyl sites for hydroxylation is 1. The van der Waals surface area contributed by atoms with E-state index in [1.165, 1.54) is 16.8 Å². The first kappa shape index (κ1) is 27.2. The zero-order valence-corrected chi connectivity index (χ0v) is 18.8. The lowest BCUT2D eigenvalue weighted by Crippen LogP contribution is -2.27. The number of rotatable bonds is 5. The molecule has 1 aromatic rings. The van der Waals surface area contributed by atoms with Gasteiger partial charge >= 0.3 is 0 Å². The van der Waals surface area contributed by atoms with Crippen molar-refractivity contribution in [1.29, 1.82) is 0 Å². The molecule has 2 heteroatoms. The summed E-state index contributed by atoms with van der Waals surface area (Å²) in [6.45, 7) is 20.4. The van der Waals surface area contributed by atoms with E-state index in [1.54, 1.807) is 6.08 Å². The third kappa shape index (κ3) is 12.9. The minimum Gasteiger partial charge on any atom is -0.347 e. The lowest BCUT2D eigenvalue weighted by Gasteiger charge is -2.27. The molecule has 0 spiro atoms. The van der Waals surface area contributed by atoms with Gasteiger partial charge in [0.05, 0.1) is 0 Å². The second kappa shape index (κ2) is 20.3. The molecule has 0 unspecified atom stereocenters. The molecule has 1 aliphatic heterocycles. The molecule has 2 nitrogen and oxygen atoms in total. The standard InChI is InChI=1S/C18H24N2.C3H6.2C2H6/c1-3-4-7-14-20(18-10-12-19-13-11-18)15-17-9-6-5-8-16(17)2;1-3-2;2*1-2/h3-10,14,19H,11-13,15H2,1-2H3;3H,1H2,2H3;2*1-2H3/b4-3+,14-7+;;;. The number of allylic oxidation sites excluding steroid dienone is 4. The first-order valence-electron chi connectivity index (χ1n) is 10.3. The molecule has 0 aliphatic carbocycles. The first-order chi connectivity index (χ1) is 13.2. The van der Waals surface area contributed by atoms with Crippen LogP contribution in [0, 0.1) is 6.92 Å². The van der Waals surface area contributed by atoms with Crippen molar-refractivity contribution in [3.05, 3.63) is 84.2 Å². The molecule has 1 heterocycles. The van der Waals surface area contributed by atoms with Gasteiger partial charge in [0.15, 0.2) is 0 Å². The molecule has 152 valence electrons. The molecular formula is C25H42N2. The van der Waals surface area contributed by atoms with E-state index < -0.39 is 0 Å². The summed E-state index contributed by atoms with van der Waals surface area (Å²) in [5.74, 6) is 0. The van der Waals surface area contributed by atoms with Crippen LogP contribution < -0.4 is 5.32 Å². The predicted octanol–water partition coefficient (Wildman–Crippen LogP) is 7.01. The summed E-state index contributed by atoms with van der Waals surface area (Å²) < 4.78 is 0. The van der Waals surface area contributed by atoms with Crippen molar-refractivity contribution in [3.8, 4) is 0 Å². The monoisotopic (exact) mass is 370 g/mol. The van der Waals surface area contributed by atoms with Crippen LogP contribution in [-0.4, -0.2) is 18.0 Å². The largest absolute Gasteiger partial charge is 0.347 e. The Morgan fingerprint density at radius 1 is 1.07 bits per heavy atom. The van der Waals surface area contributed by atoms with Crippen molar-refractivity contribution in [3.63, 3.8) is 0 Å². The summed E-state index contributed by atoms with van der Waals surface area (Å²) in [4.78, 5) is 2.36. The summed E-state index contributed by atoms with van der Waals surface area (Å²) in [6.07, 6.45) is 13.6. The third-order valence-electron chi connectivity index (χ3n) is 3.58. The van der Waals surface area contributed by atoms with Crippen LogP contribution >= 0.6 is 0 Å². The Morgan fingerprint density at radius 2 is 1.70 bits per heavy atom. The fraction of sp³-hybridized carbons (Fsp3) is 0.440. The van der Waals surface area contributed by atoms with Crippen molar-refractivity contribution in [2.75, 3.05) is 13.1 Å². The van der Waals surface area contributed by atoms with E-state index in [2.05, 4.69) is 78.5 Å². The normalized spacial score (nSPS) is 12.6. The zero-order valence-electron chi connectivity index (χ0n) is 18.8. The predicted molar refractivity (Wildman–Crippen MR) is 125 cm³/mol. The molecule has 27 heavy (non-hydrogen) atoms. The van der Waals surface area contributed by atoms with Crippen molar-refractivity contribution in [2.24, 2.45) is 0 Å². The number of hydrogen-bond acceptors (Lipinski definition) is 2. The Hall–Kier alpha value is -2.06. The third-order valence-corrected chi connectivity index (χ3v) is 3.58. The van der Waals surface area contributed by atoms with Crippen LogP contribution in [0.2, 0.25) is 0 Å². The minimum absolute atomic E-state index is 0.937. The van der Waals surface area contributed by atoms with Gasteiger partial charge in [0, 0.05) is 31.5 Å². The molecule has 0 bridgehead atoms. The second-order valence-electron chi connectivity index (χ2n) is 5.48. The molecule has 0 aromatic heterocycles. The van der Waals surface area contributed by atoms with Crippen LogP contribution in [0.4, 0.5) is 0 Å². The molecule has 0 radical (unpaired) electrons. The molecular weight excluding hydrogens is 328 g/mol. The Kier molecular flexibility index (Phi) is 20.4. The van der Waals surface area contributed by atoms with E-state index >= 15 is 0 Å². The molecule has 1 N–H and O–H groups in total. The summed E-state index contributed by atoms with van der Waals surface area (Å²) in [6, 6.07) is 8.61. The maximum atomic E-state index is 3.37. The molecule has 0 fully saturated rings. The van der Waals surface area contributed by atoms with Crippen LogP contribution in [0.1, 0.15) is 59.1 Å². The highest BCUT2D eigenvalue weighted by molar-refractivity contribution is 5.27. The molecule has 2 rings (SSSR count). The Labute approximate surface area is 169 Å². The van der Waals surface area contributed by atoms with Gasteiger partial charge in [-0.2, -0.15) is 0 Å². The quantitative estimate of drug-likeness (QED) is 0.443. The highest BCUT2D eigenvalue weighted by Gasteiger charge is 2.11. The molecule has 0 atom stereocenters. The van der Waals surface area contributed by atoms with Gasteiger partial charge in [0.1, 0.15) is 0 Å². The van der Waals surface area contributed by atoms with Crippen LogP contribution in [-0.2, 0) is 6.54 Å². The maximum Gasteiger partial charge on any atom is 0.0475 e. The fourth-order valence-corrected chi connectivity index (χ4v) is 2.36. The van der Waals surface area contributed by atoms with Crippen LogP contribution in [0.15, 0.2) is 73.1 Å². The minimum atomic E-state index is 0.937. The van der Waals surface area contributed by atoms with Crippen LogP contribution in [0.5, 0.6) is 0 Å². The van der Waals surface area contributed by atoms with Crippen molar-refractivity contribution >= 4 is 0 Å². The molecule has 1 aliphatic rings. The lowest BCUT2D eigenvalue weighted by atomic mass is 10.1. The SMILES string of the molecule is C/C=C/C=C/N(Cc1ccccc1C)C1=CCNCC1.C=CC.CC.CC. The van der Waals surface area contributed by atoms with E-state index in [1.807, 2.05) is 41.5 Å². The van der Waals surface area contributed by atoms with Gasteiger partial charge in [0.2, 0.25) is 0 Å². The smallest absolute Gasteiger partial charge is 0.0475 e. The topological polar surface area (TPSA) is 15.3 Å². The number of nitrogens with one attached hydrogen (secondary N) is 1.